The van der Waals surface area contributed by atoms with Gasteiger partial charge in [-0.05, 0) is 48.5 Å². The summed E-state index contributed by atoms with van der Waals surface area (Å²) in [6.07, 6.45) is 0. The Morgan fingerprint density at radius 2 is 1.26 bits per heavy atom. The first kappa shape index (κ1) is 18.9. The molecule has 140 valence electrons. The zero-order chi connectivity index (χ0) is 18.7. The summed E-state index contributed by atoms with van der Waals surface area (Å²) in [5.74, 6) is 2.45. The molecule has 3 rings (SSSR count). The van der Waals surface area contributed by atoms with Gasteiger partial charge in [-0.1, -0.05) is 35.9 Å². The van der Waals surface area contributed by atoms with E-state index in [2.05, 4.69) is 5.32 Å². The van der Waals surface area contributed by atoms with Crippen molar-refractivity contribution in [3.63, 3.8) is 0 Å². The molecular weight excluding hydrogens is 362 g/mol. The highest BCUT2D eigenvalue weighted by Gasteiger charge is 1.99. The summed E-state index contributed by atoms with van der Waals surface area (Å²) < 4.78 is 17.0. The van der Waals surface area contributed by atoms with E-state index in [1.54, 1.807) is 0 Å². The van der Waals surface area contributed by atoms with Crippen LogP contribution >= 0.6 is 11.6 Å². The van der Waals surface area contributed by atoms with Crippen LogP contribution in [-0.4, -0.2) is 26.4 Å². The molecule has 0 saturated heterocycles. The van der Waals surface area contributed by atoms with Crippen molar-refractivity contribution in [3.8, 4) is 17.2 Å². The lowest BCUT2D eigenvalue weighted by molar-refractivity contribution is 0.217. The Kier molecular flexibility index (Phi) is 7.25. The number of rotatable bonds is 10. The monoisotopic (exact) mass is 383 g/mol. The standard InChI is InChI=1S/C22H22ClNO3/c23-18-9-11-21(12-10-18)25-14-13-24-19-5-4-8-22(17-19)27-16-15-26-20-6-2-1-3-7-20/h1-12,17,24H,13-16H2. The third-order valence-corrected chi connectivity index (χ3v) is 3.96. The molecule has 0 fully saturated rings. The van der Waals surface area contributed by atoms with Gasteiger partial charge in [0.15, 0.2) is 0 Å². The maximum Gasteiger partial charge on any atom is 0.122 e. The molecule has 5 heteroatoms. The third kappa shape index (κ3) is 6.76. The summed E-state index contributed by atoms with van der Waals surface area (Å²) >= 11 is 5.86. The van der Waals surface area contributed by atoms with Crippen LogP contribution in [0.1, 0.15) is 0 Å². The zero-order valence-corrected chi connectivity index (χ0v) is 15.7. The molecule has 4 nitrogen and oxygen atoms in total. The number of hydrogen-bond acceptors (Lipinski definition) is 4. The Morgan fingerprint density at radius 3 is 2.04 bits per heavy atom. The number of benzene rings is 3. The highest BCUT2D eigenvalue weighted by Crippen LogP contribution is 2.18. The number of ether oxygens (including phenoxy) is 3. The van der Waals surface area contributed by atoms with Crippen molar-refractivity contribution in [1.29, 1.82) is 0 Å². The van der Waals surface area contributed by atoms with Gasteiger partial charge in [0.2, 0.25) is 0 Å². The van der Waals surface area contributed by atoms with E-state index in [0.29, 0.717) is 31.4 Å². The predicted molar refractivity (Wildman–Crippen MR) is 109 cm³/mol. The first-order chi connectivity index (χ1) is 13.3. The maximum absolute atomic E-state index is 5.86. The van der Waals surface area contributed by atoms with Crippen LogP contribution in [0.4, 0.5) is 5.69 Å². The molecule has 0 aliphatic rings. The van der Waals surface area contributed by atoms with Crippen LogP contribution in [0.25, 0.3) is 0 Å². The molecule has 0 unspecified atom stereocenters. The van der Waals surface area contributed by atoms with Crippen molar-refractivity contribution < 1.29 is 14.2 Å². The molecule has 3 aromatic rings. The van der Waals surface area contributed by atoms with Crippen LogP contribution in [0, 0.1) is 0 Å². The lowest BCUT2D eigenvalue weighted by Crippen LogP contribution is -2.12. The summed E-state index contributed by atoms with van der Waals surface area (Å²) in [5, 5.41) is 4.02. The summed E-state index contributed by atoms with van der Waals surface area (Å²) in [4.78, 5) is 0. The molecule has 0 spiro atoms. The number of halogens is 1. The van der Waals surface area contributed by atoms with Crippen LogP contribution in [0.3, 0.4) is 0 Å². The van der Waals surface area contributed by atoms with Gasteiger partial charge in [-0.2, -0.15) is 0 Å². The second-order valence-electron chi connectivity index (χ2n) is 5.77. The van der Waals surface area contributed by atoms with Crippen LogP contribution in [0.5, 0.6) is 17.2 Å². The van der Waals surface area contributed by atoms with Gasteiger partial charge in [0.05, 0.1) is 0 Å². The summed E-state index contributed by atoms with van der Waals surface area (Å²) in [6, 6.07) is 24.9. The van der Waals surface area contributed by atoms with Gasteiger partial charge in [-0.25, -0.2) is 0 Å². The van der Waals surface area contributed by atoms with Crippen molar-refractivity contribution in [2.45, 2.75) is 0 Å². The van der Waals surface area contributed by atoms with Crippen molar-refractivity contribution in [2.75, 3.05) is 31.7 Å². The predicted octanol–water partition coefficient (Wildman–Crippen LogP) is 5.29. The zero-order valence-electron chi connectivity index (χ0n) is 14.9. The molecule has 0 radical (unpaired) electrons. The fraction of sp³-hybridized carbons (Fsp3) is 0.182. The van der Waals surface area contributed by atoms with Crippen molar-refractivity contribution >= 4 is 17.3 Å². The molecule has 0 bridgehead atoms. The average molecular weight is 384 g/mol. The Hall–Kier alpha value is -2.85. The molecule has 0 atom stereocenters. The van der Waals surface area contributed by atoms with Crippen molar-refractivity contribution in [1.82, 2.24) is 0 Å². The number of hydrogen-bond donors (Lipinski definition) is 1. The Morgan fingerprint density at radius 1 is 0.630 bits per heavy atom. The van der Waals surface area contributed by atoms with Crippen LogP contribution in [0.2, 0.25) is 5.02 Å². The van der Waals surface area contributed by atoms with E-state index in [0.717, 1.165) is 22.9 Å². The van der Waals surface area contributed by atoms with E-state index in [1.807, 2.05) is 78.9 Å². The lowest BCUT2D eigenvalue weighted by atomic mass is 10.3. The molecule has 0 aliphatic carbocycles. The summed E-state index contributed by atoms with van der Waals surface area (Å²) in [6.45, 7) is 2.22. The molecule has 0 saturated carbocycles. The van der Waals surface area contributed by atoms with E-state index in [9.17, 15) is 0 Å². The van der Waals surface area contributed by atoms with Gasteiger partial charge >= 0.3 is 0 Å². The molecule has 0 amide bonds. The van der Waals surface area contributed by atoms with E-state index in [-0.39, 0.29) is 0 Å². The Labute approximate surface area is 164 Å². The second-order valence-corrected chi connectivity index (χ2v) is 6.20. The first-order valence-electron chi connectivity index (χ1n) is 8.82. The van der Waals surface area contributed by atoms with Gasteiger partial charge in [0.1, 0.15) is 37.1 Å². The molecule has 3 aromatic carbocycles. The van der Waals surface area contributed by atoms with Gasteiger partial charge < -0.3 is 19.5 Å². The van der Waals surface area contributed by atoms with Gasteiger partial charge in [0, 0.05) is 23.3 Å². The van der Waals surface area contributed by atoms with E-state index in [1.165, 1.54) is 0 Å². The Balaban J connectivity index is 1.36. The molecule has 0 heterocycles. The molecule has 27 heavy (non-hydrogen) atoms. The maximum atomic E-state index is 5.86. The highest BCUT2D eigenvalue weighted by atomic mass is 35.5. The lowest BCUT2D eigenvalue weighted by Gasteiger charge is -2.11. The van der Waals surface area contributed by atoms with Crippen molar-refractivity contribution in [3.05, 3.63) is 83.9 Å². The topological polar surface area (TPSA) is 39.7 Å². The van der Waals surface area contributed by atoms with Gasteiger partial charge in [0.25, 0.3) is 0 Å². The fourth-order valence-electron chi connectivity index (χ4n) is 2.43. The molecule has 0 aliphatic heterocycles. The third-order valence-electron chi connectivity index (χ3n) is 3.71. The normalized spacial score (nSPS) is 10.3. The van der Waals surface area contributed by atoms with Crippen molar-refractivity contribution in [2.24, 2.45) is 0 Å². The number of nitrogens with one attached hydrogen (secondary N) is 1. The SMILES string of the molecule is Clc1ccc(OCCNc2cccc(OCCOc3ccccc3)c2)cc1. The van der Waals surface area contributed by atoms with E-state index >= 15 is 0 Å². The van der Waals surface area contributed by atoms with E-state index < -0.39 is 0 Å². The molecule has 1 N–H and O–H groups in total. The fourth-order valence-corrected chi connectivity index (χ4v) is 2.55. The van der Waals surface area contributed by atoms with Gasteiger partial charge in [-0.3, -0.25) is 0 Å². The minimum absolute atomic E-state index is 0.484. The molecule has 0 aromatic heterocycles. The second kappa shape index (κ2) is 10.3. The number of anilines is 1. The summed E-state index contributed by atoms with van der Waals surface area (Å²) in [5.41, 5.74) is 0.983. The largest absolute Gasteiger partial charge is 0.492 e. The minimum Gasteiger partial charge on any atom is -0.492 e. The molecular formula is C22H22ClNO3. The number of para-hydroxylation sites is 1. The van der Waals surface area contributed by atoms with Crippen LogP contribution in [0.15, 0.2) is 78.9 Å². The highest BCUT2D eigenvalue weighted by molar-refractivity contribution is 6.30. The quantitative estimate of drug-likeness (QED) is 0.483. The smallest absolute Gasteiger partial charge is 0.122 e. The Bertz CT molecular complexity index is 809. The average Bonchev–Trinajstić information content (AvgIpc) is 2.71. The first-order valence-corrected chi connectivity index (χ1v) is 9.20. The summed E-state index contributed by atoms with van der Waals surface area (Å²) in [7, 11) is 0. The van der Waals surface area contributed by atoms with Crippen LogP contribution in [-0.2, 0) is 0 Å². The van der Waals surface area contributed by atoms with Gasteiger partial charge in [-0.15, -0.1) is 0 Å². The minimum atomic E-state index is 0.484. The van der Waals surface area contributed by atoms with E-state index in [4.69, 9.17) is 25.8 Å². The van der Waals surface area contributed by atoms with Crippen LogP contribution < -0.4 is 19.5 Å².